The van der Waals surface area contributed by atoms with Crippen LogP contribution in [0, 0.1) is 0 Å². The molecular weight excluding hydrogens is 436 g/mol. The number of rotatable bonds is 3. The average molecular weight is 453 g/mol. The van der Waals surface area contributed by atoms with Crippen molar-refractivity contribution in [3.63, 3.8) is 0 Å². The van der Waals surface area contributed by atoms with E-state index >= 15 is 0 Å². The Bertz CT molecular complexity index is 1140. The van der Waals surface area contributed by atoms with Crippen LogP contribution in [0.15, 0.2) is 59.2 Å². The minimum atomic E-state index is -2.02. The molecule has 6 nitrogen and oxygen atoms in total. The summed E-state index contributed by atoms with van der Waals surface area (Å²) in [5.74, 6) is -0.125. The van der Waals surface area contributed by atoms with E-state index < -0.39 is 11.5 Å². The molecule has 2 N–H and O–H groups in total. The van der Waals surface area contributed by atoms with E-state index in [9.17, 15) is 15.0 Å². The molecule has 0 fully saturated rings. The number of hydrogen-bond acceptors (Lipinski definition) is 5. The van der Waals surface area contributed by atoms with Crippen LogP contribution in [0.3, 0.4) is 0 Å². The summed E-state index contributed by atoms with van der Waals surface area (Å²) in [7, 11) is 0. The second-order valence-electron chi connectivity index (χ2n) is 7.13. The first-order valence-electron chi connectivity index (χ1n) is 9.22. The van der Waals surface area contributed by atoms with Crippen molar-refractivity contribution in [1.29, 1.82) is 0 Å². The smallest absolute Gasteiger partial charge is 0.269 e. The highest BCUT2D eigenvalue weighted by Crippen LogP contribution is 2.51. The third-order valence-corrected chi connectivity index (χ3v) is 6.10. The Morgan fingerprint density at radius 2 is 2.07 bits per heavy atom. The second-order valence-corrected chi connectivity index (χ2v) is 7.99. The van der Waals surface area contributed by atoms with Crippen molar-refractivity contribution in [3.05, 3.63) is 81.6 Å². The molecule has 5 rings (SSSR count). The molecule has 29 heavy (non-hydrogen) atoms. The summed E-state index contributed by atoms with van der Waals surface area (Å²) in [5, 5.41) is 22.5. The molecule has 3 aromatic rings. The summed E-state index contributed by atoms with van der Waals surface area (Å²) in [6, 6.07) is 14.0. The van der Waals surface area contributed by atoms with Gasteiger partial charge in [-0.2, -0.15) is 0 Å². The Morgan fingerprint density at radius 1 is 1.21 bits per heavy atom. The summed E-state index contributed by atoms with van der Waals surface area (Å²) in [4.78, 5) is 19.4. The Hall–Kier alpha value is -2.90. The second kappa shape index (κ2) is 6.57. The molecule has 146 valence electrons. The first kappa shape index (κ1) is 18.1. The number of phenolic OH excluding ortho intramolecular Hbond substituents is 1. The topological polar surface area (TPSA) is 82.9 Å². The molecule has 2 aliphatic heterocycles. The number of fused-ring (bicyclic) bond motifs is 2. The van der Waals surface area contributed by atoms with E-state index in [1.165, 1.54) is 11.0 Å². The molecule has 1 amide bonds. The minimum absolute atomic E-state index is 0.156. The van der Waals surface area contributed by atoms with Gasteiger partial charge in [0.15, 0.2) is 0 Å². The van der Waals surface area contributed by atoms with Gasteiger partial charge in [0.2, 0.25) is 5.60 Å². The number of nitrogens with zero attached hydrogens (tertiary/aromatic N) is 2. The number of carbonyl (C=O) groups is 1. The molecular formula is C22H17BrN2O4. The van der Waals surface area contributed by atoms with Crippen molar-refractivity contribution in [2.24, 2.45) is 0 Å². The molecule has 3 heterocycles. The third kappa shape index (κ3) is 2.65. The van der Waals surface area contributed by atoms with Gasteiger partial charge in [-0.3, -0.25) is 9.78 Å². The SMILES string of the molecule is O=C1N(Cc2ccccn2)c2cccc(Br)c2C1(O)c1cc2c(cc1O)OCC2. The predicted octanol–water partition coefficient (Wildman–Crippen LogP) is 3.27. The quantitative estimate of drug-likeness (QED) is 0.636. The molecule has 2 aromatic carbocycles. The molecule has 0 saturated heterocycles. The van der Waals surface area contributed by atoms with Crippen LogP contribution in [-0.4, -0.2) is 27.7 Å². The highest BCUT2D eigenvalue weighted by Gasteiger charge is 2.53. The Labute approximate surface area is 175 Å². The maximum absolute atomic E-state index is 13.6. The lowest BCUT2D eigenvalue weighted by atomic mass is 9.85. The summed E-state index contributed by atoms with van der Waals surface area (Å²) in [6.07, 6.45) is 2.32. The number of amides is 1. The number of aromatic hydroxyl groups is 1. The van der Waals surface area contributed by atoms with Gasteiger partial charge in [0.25, 0.3) is 5.91 Å². The fourth-order valence-corrected chi connectivity index (χ4v) is 4.72. The average Bonchev–Trinajstić information content (AvgIpc) is 3.25. The molecule has 2 aliphatic rings. The van der Waals surface area contributed by atoms with Crippen LogP contribution in [0.1, 0.15) is 22.4 Å². The molecule has 1 unspecified atom stereocenters. The van der Waals surface area contributed by atoms with Crippen molar-refractivity contribution in [3.8, 4) is 11.5 Å². The van der Waals surface area contributed by atoms with E-state index in [0.717, 1.165) is 5.56 Å². The number of anilines is 1. The van der Waals surface area contributed by atoms with Gasteiger partial charge in [0.05, 0.1) is 24.5 Å². The Morgan fingerprint density at radius 3 is 2.86 bits per heavy atom. The van der Waals surface area contributed by atoms with E-state index in [0.29, 0.717) is 40.2 Å². The maximum atomic E-state index is 13.6. The van der Waals surface area contributed by atoms with Crippen molar-refractivity contribution in [1.82, 2.24) is 4.98 Å². The van der Waals surface area contributed by atoms with E-state index in [2.05, 4.69) is 20.9 Å². The zero-order chi connectivity index (χ0) is 20.2. The number of phenols is 1. The van der Waals surface area contributed by atoms with Crippen LogP contribution in [-0.2, 0) is 23.4 Å². The van der Waals surface area contributed by atoms with Gasteiger partial charge in [-0.25, -0.2) is 0 Å². The minimum Gasteiger partial charge on any atom is -0.507 e. The van der Waals surface area contributed by atoms with Crippen LogP contribution in [0.4, 0.5) is 5.69 Å². The van der Waals surface area contributed by atoms with E-state index in [-0.39, 0.29) is 17.9 Å². The molecule has 1 aromatic heterocycles. The lowest BCUT2D eigenvalue weighted by molar-refractivity contribution is -0.132. The van der Waals surface area contributed by atoms with Gasteiger partial charge in [0.1, 0.15) is 11.5 Å². The van der Waals surface area contributed by atoms with Gasteiger partial charge in [0, 0.05) is 34.3 Å². The molecule has 0 aliphatic carbocycles. The van der Waals surface area contributed by atoms with Crippen molar-refractivity contribution < 1.29 is 19.7 Å². The fourth-order valence-electron chi connectivity index (χ4n) is 4.07. The number of halogens is 1. The molecule has 0 bridgehead atoms. The Balaban J connectivity index is 1.69. The van der Waals surface area contributed by atoms with Crippen LogP contribution in [0.2, 0.25) is 0 Å². The molecule has 1 atom stereocenters. The summed E-state index contributed by atoms with van der Waals surface area (Å²) in [6.45, 7) is 0.719. The lowest BCUT2D eigenvalue weighted by Gasteiger charge is -2.25. The summed E-state index contributed by atoms with van der Waals surface area (Å²) in [5.41, 5.74) is 0.678. The number of aromatic nitrogens is 1. The van der Waals surface area contributed by atoms with Crippen molar-refractivity contribution in [2.45, 2.75) is 18.6 Å². The normalized spacial score (nSPS) is 19.8. The number of pyridine rings is 1. The van der Waals surface area contributed by atoms with Gasteiger partial charge in [-0.05, 0) is 35.9 Å². The number of benzene rings is 2. The largest absolute Gasteiger partial charge is 0.507 e. The summed E-state index contributed by atoms with van der Waals surface area (Å²) >= 11 is 3.49. The number of ether oxygens (including phenoxy) is 1. The highest BCUT2D eigenvalue weighted by molar-refractivity contribution is 9.10. The van der Waals surface area contributed by atoms with Gasteiger partial charge in [-0.15, -0.1) is 0 Å². The molecule has 0 radical (unpaired) electrons. The van der Waals surface area contributed by atoms with E-state index in [4.69, 9.17) is 4.74 Å². The van der Waals surface area contributed by atoms with Crippen molar-refractivity contribution in [2.75, 3.05) is 11.5 Å². The van der Waals surface area contributed by atoms with Crippen LogP contribution >= 0.6 is 15.9 Å². The van der Waals surface area contributed by atoms with Gasteiger partial charge in [-0.1, -0.05) is 28.1 Å². The van der Waals surface area contributed by atoms with Crippen LogP contribution < -0.4 is 9.64 Å². The van der Waals surface area contributed by atoms with Crippen molar-refractivity contribution >= 4 is 27.5 Å². The van der Waals surface area contributed by atoms with Crippen LogP contribution in [0.5, 0.6) is 11.5 Å². The number of carbonyl (C=O) groups excluding carboxylic acids is 1. The number of hydrogen-bond donors (Lipinski definition) is 2. The first-order chi connectivity index (χ1) is 14.0. The van der Waals surface area contributed by atoms with E-state index in [1.54, 1.807) is 30.5 Å². The monoisotopic (exact) mass is 452 g/mol. The predicted molar refractivity (Wildman–Crippen MR) is 110 cm³/mol. The molecule has 0 spiro atoms. The zero-order valence-electron chi connectivity index (χ0n) is 15.3. The third-order valence-electron chi connectivity index (χ3n) is 5.44. The molecule has 7 heteroatoms. The lowest BCUT2D eigenvalue weighted by Crippen LogP contribution is -2.41. The zero-order valence-corrected chi connectivity index (χ0v) is 16.9. The maximum Gasteiger partial charge on any atom is 0.269 e. The van der Waals surface area contributed by atoms with E-state index in [1.807, 2.05) is 18.2 Å². The van der Waals surface area contributed by atoms with Gasteiger partial charge < -0.3 is 19.8 Å². The standard InChI is InChI=1S/C22H17BrN2O4/c23-16-5-3-6-17-20(16)22(28,15-10-13-7-9-29-19(13)11-18(15)26)21(27)25(17)12-14-4-1-2-8-24-14/h1-6,8,10-11,26,28H,7,9,12H2. The fraction of sp³-hybridized carbons (Fsp3) is 0.182. The Kier molecular flexibility index (Phi) is 4.11. The van der Waals surface area contributed by atoms with Gasteiger partial charge >= 0.3 is 0 Å². The van der Waals surface area contributed by atoms with Crippen LogP contribution in [0.25, 0.3) is 0 Å². The number of aliphatic hydroxyl groups is 1. The summed E-state index contributed by atoms with van der Waals surface area (Å²) < 4.78 is 6.08. The first-order valence-corrected chi connectivity index (χ1v) is 10.0. The molecule has 0 saturated carbocycles. The highest BCUT2D eigenvalue weighted by atomic mass is 79.9.